The molecule has 2 unspecified atom stereocenters. The summed E-state index contributed by atoms with van der Waals surface area (Å²) in [5.41, 5.74) is 1.18. The lowest BCUT2D eigenvalue weighted by molar-refractivity contribution is 0.379. The zero-order chi connectivity index (χ0) is 15.7. The standard InChI is InChI=1S/C18H31NO2/c1-6-7-8-9-10-14(2)19-15(3)17-12-11-16(20-4)13-18(17)21-5/h11-15,19H,6-10H2,1-5H3. The van der Waals surface area contributed by atoms with E-state index >= 15 is 0 Å². The van der Waals surface area contributed by atoms with Gasteiger partial charge in [-0.15, -0.1) is 0 Å². The van der Waals surface area contributed by atoms with Gasteiger partial charge in [0.1, 0.15) is 11.5 Å². The molecule has 0 aliphatic heterocycles. The zero-order valence-corrected chi connectivity index (χ0v) is 14.2. The van der Waals surface area contributed by atoms with Gasteiger partial charge in [0.25, 0.3) is 0 Å². The monoisotopic (exact) mass is 293 g/mol. The molecule has 0 amide bonds. The van der Waals surface area contributed by atoms with Crippen LogP contribution in [0.3, 0.4) is 0 Å². The summed E-state index contributed by atoms with van der Waals surface area (Å²) in [5.74, 6) is 1.71. The smallest absolute Gasteiger partial charge is 0.127 e. The van der Waals surface area contributed by atoms with Gasteiger partial charge in [0.2, 0.25) is 0 Å². The van der Waals surface area contributed by atoms with Crippen LogP contribution in [0, 0.1) is 0 Å². The van der Waals surface area contributed by atoms with Crippen LogP contribution in [0.15, 0.2) is 18.2 Å². The van der Waals surface area contributed by atoms with Gasteiger partial charge in [-0.3, -0.25) is 0 Å². The molecule has 3 heteroatoms. The topological polar surface area (TPSA) is 30.5 Å². The Hall–Kier alpha value is -1.22. The first-order chi connectivity index (χ1) is 10.1. The summed E-state index contributed by atoms with van der Waals surface area (Å²) in [7, 11) is 3.38. The molecule has 0 saturated carbocycles. The number of ether oxygens (including phenoxy) is 2. The van der Waals surface area contributed by atoms with Crippen LogP contribution in [0.4, 0.5) is 0 Å². The molecule has 1 rings (SSSR count). The number of nitrogens with one attached hydrogen (secondary N) is 1. The molecule has 0 saturated heterocycles. The molecule has 3 nitrogen and oxygen atoms in total. The maximum absolute atomic E-state index is 5.48. The average Bonchev–Trinajstić information content (AvgIpc) is 2.50. The molecule has 1 aromatic carbocycles. The highest BCUT2D eigenvalue weighted by molar-refractivity contribution is 5.42. The van der Waals surface area contributed by atoms with Crippen LogP contribution >= 0.6 is 0 Å². The minimum Gasteiger partial charge on any atom is -0.497 e. The van der Waals surface area contributed by atoms with E-state index in [2.05, 4.69) is 32.2 Å². The van der Waals surface area contributed by atoms with E-state index < -0.39 is 0 Å². The highest BCUT2D eigenvalue weighted by Gasteiger charge is 2.14. The van der Waals surface area contributed by atoms with Gasteiger partial charge in [-0.2, -0.15) is 0 Å². The first-order valence-corrected chi connectivity index (χ1v) is 8.10. The van der Waals surface area contributed by atoms with E-state index in [1.165, 1.54) is 37.7 Å². The fraction of sp³-hybridized carbons (Fsp3) is 0.667. The normalized spacial score (nSPS) is 13.8. The third-order valence-electron chi connectivity index (χ3n) is 3.93. The molecule has 0 aliphatic rings. The predicted molar refractivity (Wildman–Crippen MR) is 89.3 cm³/mol. The van der Waals surface area contributed by atoms with E-state index in [0.717, 1.165) is 11.5 Å². The Labute approximate surface area is 130 Å². The fourth-order valence-corrected chi connectivity index (χ4v) is 2.65. The number of unbranched alkanes of at least 4 members (excludes halogenated alkanes) is 3. The molecular formula is C18H31NO2. The van der Waals surface area contributed by atoms with Crippen LogP contribution in [0.1, 0.15) is 64.5 Å². The number of methoxy groups -OCH3 is 2. The minimum atomic E-state index is 0.270. The van der Waals surface area contributed by atoms with Gasteiger partial charge in [-0.1, -0.05) is 38.7 Å². The first-order valence-electron chi connectivity index (χ1n) is 8.10. The second kappa shape index (κ2) is 9.67. The van der Waals surface area contributed by atoms with Crippen molar-refractivity contribution in [2.45, 2.75) is 65.0 Å². The molecule has 0 bridgehead atoms. The predicted octanol–water partition coefficient (Wildman–Crippen LogP) is 4.71. The third-order valence-corrected chi connectivity index (χ3v) is 3.93. The van der Waals surface area contributed by atoms with Crippen molar-refractivity contribution in [1.29, 1.82) is 0 Å². The molecule has 21 heavy (non-hydrogen) atoms. The summed E-state index contributed by atoms with van der Waals surface area (Å²) in [6.45, 7) is 6.70. The van der Waals surface area contributed by atoms with Crippen molar-refractivity contribution in [2.24, 2.45) is 0 Å². The third kappa shape index (κ3) is 5.96. The molecule has 0 spiro atoms. The first kappa shape index (κ1) is 17.8. The van der Waals surface area contributed by atoms with Crippen molar-refractivity contribution >= 4 is 0 Å². The molecule has 1 N–H and O–H groups in total. The van der Waals surface area contributed by atoms with Gasteiger partial charge in [0.15, 0.2) is 0 Å². The Morgan fingerprint density at radius 1 is 1.05 bits per heavy atom. The van der Waals surface area contributed by atoms with E-state index in [-0.39, 0.29) is 6.04 Å². The SMILES string of the molecule is CCCCCCC(C)NC(C)c1ccc(OC)cc1OC. The van der Waals surface area contributed by atoms with Crippen LogP contribution in [0.25, 0.3) is 0 Å². The lowest BCUT2D eigenvalue weighted by Crippen LogP contribution is -2.29. The van der Waals surface area contributed by atoms with E-state index in [9.17, 15) is 0 Å². The van der Waals surface area contributed by atoms with Crippen molar-refractivity contribution in [1.82, 2.24) is 5.32 Å². The van der Waals surface area contributed by atoms with Crippen LogP contribution in [-0.2, 0) is 0 Å². The zero-order valence-electron chi connectivity index (χ0n) is 14.2. The summed E-state index contributed by atoms with van der Waals surface area (Å²) in [6.07, 6.45) is 6.50. The average molecular weight is 293 g/mol. The second-order valence-electron chi connectivity index (χ2n) is 5.75. The summed E-state index contributed by atoms with van der Waals surface area (Å²) >= 11 is 0. The summed E-state index contributed by atoms with van der Waals surface area (Å²) in [4.78, 5) is 0. The highest BCUT2D eigenvalue weighted by atomic mass is 16.5. The maximum Gasteiger partial charge on any atom is 0.127 e. The van der Waals surface area contributed by atoms with Crippen LogP contribution in [-0.4, -0.2) is 20.3 Å². The van der Waals surface area contributed by atoms with E-state index in [1.54, 1.807) is 14.2 Å². The van der Waals surface area contributed by atoms with Crippen LogP contribution in [0.5, 0.6) is 11.5 Å². The summed E-state index contributed by atoms with van der Waals surface area (Å²) < 4.78 is 10.7. The van der Waals surface area contributed by atoms with Crippen molar-refractivity contribution in [3.63, 3.8) is 0 Å². The summed E-state index contributed by atoms with van der Waals surface area (Å²) in [6, 6.07) is 6.80. The van der Waals surface area contributed by atoms with Gasteiger partial charge < -0.3 is 14.8 Å². The van der Waals surface area contributed by atoms with Crippen molar-refractivity contribution in [2.75, 3.05) is 14.2 Å². The van der Waals surface area contributed by atoms with Crippen molar-refractivity contribution in [3.8, 4) is 11.5 Å². The van der Waals surface area contributed by atoms with Gasteiger partial charge in [0.05, 0.1) is 14.2 Å². The van der Waals surface area contributed by atoms with Gasteiger partial charge in [-0.25, -0.2) is 0 Å². The van der Waals surface area contributed by atoms with Gasteiger partial charge in [0, 0.05) is 23.7 Å². The molecule has 2 atom stereocenters. The van der Waals surface area contributed by atoms with Crippen LogP contribution < -0.4 is 14.8 Å². The molecule has 0 radical (unpaired) electrons. The van der Waals surface area contributed by atoms with Gasteiger partial charge >= 0.3 is 0 Å². The maximum atomic E-state index is 5.48. The quantitative estimate of drug-likeness (QED) is 0.634. The highest BCUT2D eigenvalue weighted by Crippen LogP contribution is 2.29. The van der Waals surface area contributed by atoms with Crippen molar-refractivity contribution in [3.05, 3.63) is 23.8 Å². The van der Waals surface area contributed by atoms with E-state index in [1.807, 2.05) is 12.1 Å². The second-order valence-corrected chi connectivity index (χ2v) is 5.75. The Kier molecular flexibility index (Phi) is 8.21. The number of rotatable bonds is 10. The molecule has 0 aromatic heterocycles. The molecule has 0 heterocycles. The molecule has 1 aromatic rings. The summed E-state index contributed by atoms with van der Waals surface area (Å²) in [5, 5.41) is 3.66. The minimum absolute atomic E-state index is 0.270. The lowest BCUT2D eigenvalue weighted by Gasteiger charge is -2.22. The van der Waals surface area contributed by atoms with Crippen molar-refractivity contribution < 1.29 is 9.47 Å². The molecule has 120 valence electrons. The van der Waals surface area contributed by atoms with Crippen LogP contribution in [0.2, 0.25) is 0 Å². The number of hydrogen-bond donors (Lipinski definition) is 1. The Bertz CT molecular complexity index is 406. The number of benzene rings is 1. The lowest BCUT2D eigenvalue weighted by atomic mass is 10.0. The largest absolute Gasteiger partial charge is 0.497 e. The molecule has 0 aliphatic carbocycles. The fourth-order valence-electron chi connectivity index (χ4n) is 2.65. The Morgan fingerprint density at radius 2 is 1.81 bits per heavy atom. The van der Waals surface area contributed by atoms with E-state index in [0.29, 0.717) is 6.04 Å². The molecule has 0 fully saturated rings. The Balaban J connectivity index is 2.56. The number of hydrogen-bond acceptors (Lipinski definition) is 3. The van der Waals surface area contributed by atoms with Gasteiger partial charge in [-0.05, 0) is 26.3 Å². The van der Waals surface area contributed by atoms with E-state index in [4.69, 9.17) is 9.47 Å². The molecular weight excluding hydrogens is 262 g/mol. The Morgan fingerprint density at radius 3 is 2.43 bits per heavy atom.